The van der Waals surface area contributed by atoms with Gasteiger partial charge in [-0.2, -0.15) is 13.2 Å². The number of aliphatic hydroxyl groups is 2. The van der Waals surface area contributed by atoms with E-state index in [0.29, 0.717) is 35.5 Å². The molecule has 4 aliphatic rings. The summed E-state index contributed by atoms with van der Waals surface area (Å²) >= 11 is 0. The van der Waals surface area contributed by atoms with Crippen LogP contribution in [-0.4, -0.2) is 28.1 Å². The van der Waals surface area contributed by atoms with Crippen LogP contribution < -0.4 is 0 Å². The molecule has 10 atom stereocenters. The summed E-state index contributed by atoms with van der Waals surface area (Å²) in [6, 6.07) is 0. The molecule has 0 spiro atoms. The zero-order chi connectivity index (χ0) is 23.5. The lowest BCUT2D eigenvalue weighted by Gasteiger charge is -2.62. The SMILES string of the molecule is C[C@H](O)CCC[C@H](C)[C@@H]1CC[C@H]2[C@@H]3CC[C@H]4C[C@](O)(C(F)(F)F)CC[C@]4(C)[C@H]3CC[C@@]21C. The minimum atomic E-state index is -4.51. The number of hydrogen-bond acceptors (Lipinski definition) is 2. The maximum absolute atomic E-state index is 13.6. The van der Waals surface area contributed by atoms with E-state index in [1.807, 2.05) is 6.92 Å². The standard InChI is InChI=1S/C27H45F3O2/c1-17(6-5-7-18(2)31)21-10-11-22-20-9-8-19-16-26(32,27(28,29)30)15-14-24(19,3)23(20)12-13-25(21,22)4/h17-23,31-32H,5-16H2,1-4H3/t17-,18-,19-,20-,21-,22-,23-,24-,25+,26-/m0/s1. The van der Waals surface area contributed by atoms with Crippen molar-refractivity contribution in [3.8, 4) is 0 Å². The van der Waals surface area contributed by atoms with Gasteiger partial charge in [-0.3, -0.25) is 0 Å². The van der Waals surface area contributed by atoms with Gasteiger partial charge in [0.25, 0.3) is 0 Å². The van der Waals surface area contributed by atoms with Crippen LogP contribution >= 0.6 is 0 Å². The highest BCUT2D eigenvalue weighted by Crippen LogP contribution is 2.69. The van der Waals surface area contributed by atoms with Crippen LogP contribution in [0.25, 0.3) is 0 Å². The Morgan fingerprint density at radius 2 is 1.56 bits per heavy atom. The molecule has 4 fully saturated rings. The van der Waals surface area contributed by atoms with Crippen molar-refractivity contribution in [3.05, 3.63) is 0 Å². The van der Waals surface area contributed by atoms with E-state index in [1.54, 1.807) is 0 Å². The van der Waals surface area contributed by atoms with Crippen LogP contribution in [0.5, 0.6) is 0 Å². The van der Waals surface area contributed by atoms with E-state index >= 15 is 0 Å². The zero-order valence-corrected chi connectivity index (χ0v) is 20.6. The molecule has 0 aromatic rings. The van der Waals surface area contributed by atoms with Crippen molar-refractivity contribution in [3.63, 3.8) is 0 Å². The monoisotopic (exact) mass is 458 g/mol. The Bertz CT molecular complexity index is 678. The number of aliphatic hydroxyl groups excluding tert-OH is 1. The summed E-state index contributed by atoms with van der Waals surface area (Å²) in [6.45, 7) is 9.06. The van der Waals surface area contributed by atoms with Gasteiger partial charge in [-0.15, -0.1) is 0 Å². The van der Waals surface area contributed by atoms with Crippen molar-refractivity contribution in [1.29, 1.82) is 0 Å². The topological polar surface area (TPSA) is 40.5 Å². The third-order valence-electron chi connectivity index (χ3n) is 11.3. The summed E-state index contributed by atoms with van der Waals surface area (Å²) in [6.07, 6.45) is 5.50. The third kappa shape index (κ3) is 3.95. The van der Waals surface area contributed by atoms with E-state index in [4.69, 9.17) is 0 Å². The average Bonchev–Trinajstić information content (AvgIpc) is 3.04. The van der Waals surface area contributed by atoms with E-state index in [0.717, 1.165) is 38.0 Å². The lowest BCUT2D eigenvalue weighted by atomic mass is 9.43. The van der Waals surface area contributed by atoms with Gasteiger partial charge in [-0.1, -0.05) is 33.6 Å². The van der Waals surface area contributed by atoms with Gasteiger partial charge >= 0.3 is 6.18 Å². The Balaban J connectivity index is 1.47. The molecule has 5 heteroatoms. The molecule has 0 aromatic heterocycles. The zero-order valence-electron chi connectivity index (χ0n) is 20.6. The summed E-state index contributed by atoms with van der Waals surface area (Å²) in [7, 11) is 0. The minimum Gasteiger partial charge on any atom is -0.393 e. The van der Waals surface area contributed by atoms with Crippen LogP contribution in [0, 0.1) is 46.3 Å². The van der Waals surface area contributed by atoms with E-state index in [2.05, 4.69) is 20.8 Å². The van der Waals surface area contributed by atoms with Crippen LogP contribution in [-0.2, 0) is 0 Å². The lowest BCUT2D eigenvalue weighted by Crippen LogP contribution is -2.59. The first kappa shape index (κ1) is 24.8. The number of hydrogen-bond donors (Lipinski definition) is 2. The van der Waals surface area contributed by atoms with Crippen LogP contribution in [0.2, 0.25) is 0 Å². The average molecular weight is 459 g/mol. The van der Waals surface area contributed by atoms with Crippen molar-refractivity contribution in [2.24, 2.45) is 46.3 Å². The van der Waals surface area contributed by atoms with Gasteiger partial charge in [0.15, 0.2) is 5.60 Å². The molecular weight excluding hydrogens is 413 g/mol. The second kappa shape index (κ2) is 8.43. The molecule has 4 saturated carbocycles. The number of alkyl halides is 3. The summed E-state index contributed by atoms with van der Waals surface area (Å²) in [4.78, 5) is 0. The molecule has 0 aromatic carbocycles. The molecular formula is C27H45F3O2. The molecule has 2 N–H and O–H groups in total. The Morgan fingerprint density at radius 3 is 2.22 bits per heavy atom. The Hall–Kier alpha value is -0.290. The summed E-state index contributed by atoms with van der Waals surface area (Å²) in [5.74, 6) is 3.25. The molecule has 0 radical (unpaired) electrons. The molecule has 0 aliphatic heterocycles. The predicted molar refractivity (Wildman–Crippen MR) is 121 cm³/mol. The number of halogens is 3. The van der Waals surface area contributed by atoms with E-state index in [9.17, 15) is 23.4 Å². The van der Waals surface area contributed by atoms with E-state index < -0.39 is 11.8 Å². The minimum absolute atomic E-state index is 0.00919. The van der Waals surface area contributed by atoms with Crippen LogP contribution in [0.1, 0.15) is 105 Å². The van der Waals surface area contributed by atoms with Crippen LogP contribution in [0.15, 0.2) is 0 Å². The quantitative estimate of drug-likeness (QED) is 0.460. The first-order valence-electron chi connectivity index (χ1n) is 13.3. The fourth-order valence-corrected chi connectivity index (χ4v) is 9.41. The lowest BCUT2D eigenvalue weighted by molar-refractivity contribution is -0.290. The first-order chi connectivity index (χ1) is 14.8. The summed E-state index contributed by atoms with van der Waals surface area (Å²) in [5, 5.41) is 20.0. The molecule has 32 heavy (non-hydrogen) atoms. The molecule has 186 valence electrons. The predicted octanol–water partition coefficient (Wildman–Crippen LogP) is 7.13. The van der Waals surface area contributed by atoms with Gasteiger partial charge < -0.3 is 10.2 Å². The highest BCUT2D eigenvalue weighted by atomic mass is 19.4. The molecule has 0 saturated heterocycles. The van der Waals surface area contributed by atoms with Crippen molar-refractivity contribution >= 4 is 0 Å². The molecule has 2 nitrogen and oxygen atoms in total. The second-order valence-corrected chi connectivity index (χ2v) is 12.9. The van der Waals surface area contributed by atoms with Gasteiger partial charge in [-0.25, -0.2) is 0 Å². The Kier molecular flexibility index (Phi) is 6.54. The van der Waals surface area contributed by atoms with Crippen LogP contribution in [0.4, 0.5) is 13.2 Å². The van der Waals surface area contributed by atoms with Crippen molar-refractivity contribution in [2.75, 3.05) is 0 Å². The molecule has 4 rings (SSSR count). The number of fused-ring (bicyclic) bond motifs is 5. The van der Waals surface area contributed by atoms with Crippen molar-refractivity contribution in [1.82, 2.24) is 0 Å². The van der Waals surface area contributed by atoms with Gasteiger partial charge in [0.2, 0.25) is 0 Å². The normalized spacial score (nSPS) is 48.5. The molecule has 0 bridgehead atoms. The second-order valence-electron chi connectivity index (χ2n) is 12.9. The van der Waals surface area contributed by atoms with E-state index in [1.165, 1.54) is 25.7 Å². The van der Waals surface area contributed by atoms with Gasteiger partial charge in [0, 0.05) is 0 Å². The van der Waals surface area contributed by atoms with Crippen molar-refractivity contribution in [2.45, 2.75) is 123 Å². The largest absolute Gasteiger partial charge is 0.417 e. The highest BCUT2D eigenvalue weighted by molar-refractivity contribution is 5.11. The Labute approximate surface area is 192 Å². The van der Waals surface area contributed by atoms with E-state index in [-0.39, 0.29) is 30.3 Å². The van der Waals surface area contributed by atoms with Gasteiger partial charge in [0.05, 0.1) is 6.10 Å². The fourth-order valence-electron chi connectivity index (χ4n) is 9.41. The summed E-state index contributed by atoms with van der Waals surface area (Å²) in [5.41, 5.74) is -2.17. The smallest absolute Gasteiger partial charge is 0.393 e. The highest BCUT2D eigenvalue weighted by Gasteiger charge is 2.65. The fraction of sp³-hybridized carbons (Fsp3) is 1.00. The maximum atomic E-state index is 13.6. The molecule has 0 amide bonds. The van der Waals surface area contributed by atoms with Crippen molar-refractivity contribution < 1.29 is 23.4 Å². The third-order valence-corrected chi connectivity index (χ3v) is 11.3. The summed E-state index contributed by atoms with van der Waals surface area (Å²) < 4.78 is 40.7. The van der Waals surface area contributed by atoms with Gasteiger partial charge in [-0.05, 0) is 117 Å². The van der Waals surface area contributed by atoms with Gasteiger partial charge in [0.1, 0.15) is 0 Å². The first-order valence-corrected chi connectivity index (χ1v) is 13.3. The maximum Gasteiger partial charge on any atom is 0.417 e. The molecule has 4 aliphatic carbocycles. The van der Waals surface area contributed by atoms with Crippen LogP contribution in [0.3, 0.4) is 0 Å². The Morgan fingerprint density at radius 1 is 0.875 bits per heavy atom. The number of rotatable bonds is 5. The molecule has 0 unspecified atom stereocenters. The molecule has 0 heterocycles.